The van der Waals surface area contributed by atoms with Gasteiger partial charge in [0.1, 0.15) is 11.6 Å². The highest BCUT2D eigenvalue weighted by Gasteiger charge is 2.19. The second-order valence-corrected chi connectivity index (χ2v) is 4.59. The zero-order chi connectivity index (χ0) is 12.5. The van der Waals surface area contributed by atoms with E-state index in [9.17, 15) is 5.11 Å². The molecule has 2 heterocycles. The molecular weight excluding hydrogens is 228 g/mol. The standard InChI is InChI=1S/C14H16N2O2/c1-18-13-5-3-2-4-11(13)12-9-16-8-10(17)6-7-14(16)15-12/h2-5,9-10,17H,6-8H2,1H3. The molecule has 0 aliphatic carbocycles. The molecule has 18 heavy (non-hydrogen) atoms. The van der Waals surface area contributed by atoms with E-state index < -0.39 is 0 Å². The highest BCUT2D eigenvalue weighted by atomic mass is 16.5. The fraction of sp³-hybridized carbons (Fsp3) is 0.357. The van der Waals surface area contributed by atoms with E-state index in [-0.39, 0.29) is 6.10 Å². The van der Waals surface area contributed by atoms with Crippen LogP contribution in [0, 0.1) is 0 Å². The van der Waals surface area contributed by atoms with Crippen molar-refractivity contribution in [1.29, 1.82) is 0 Å². The lowest BCUT2D eigenvalue weighted by molar-refractivity contribution is 0.130. The predicted molar refractivity (Wildman–Crippen MR) is 68.5 cm³/mol. The summed E-state index contributed by atoms with van der Waals surface area (Å²) in [6.45, 7) is 0.636. The van der Waals surface area contributed by atoms with Gasteiger partial charge in [0.05, 0.1) is 18.9 Å². The van der Waals surface area contributed by atoms with Crippen molar-refractivity contribution in [3.05, 3.63) is 36.3 Å². The molecule has 1 N–H and O–H groups in total. The number of hydrogen-bond acceptors (Lipinski definition) is 3. The van der Waals surface area contributed by atoms with Gasteiger partial charge in [-0.05, 0) is 18.6 Å². The Morgan fingerprint density at radius 1 is 1.39 bits per heavy atom. The second kappa shape index (κ2) is 4.46. The number of aliphatic hydroxyl groups excluding tert-OH is 1. The van der Waals surface area contributed by atoms with E-state index in [4.69, 9.17) is 4.74 Å². The van der Waals surface area contributed by atoms with Gasteiger partial charge in [-0.2, -0.15) is 0 Å². The van der Waals surface area contributed by atoms with Gasteiger partial charge < -0.3 is 14.4 Å². The third kappa shape index (κ3) is 1.88. The minimum atomic E-state index is -0.253. The number of hydrogen-bond donors (Lipinski definition) is 1. The first-order valence-corrected chi connectivity index (χ1v) is 6.15. The van der Waals surface area contributed by atoms with E-state index in [1.54, 1.807) is 7.11 Å². The van der Waals surface area contributed by atoms with Gasteiger partial charge in [0, 0.05) is 24.7 Å². The van der Waals surface area contributed by atoms with Crippen LogP contribution in [0.25, 0.3) is 11.3 Å². The van der Waals surface area contributed by atoms with Crippen molar-refractivity contribution in [3.8, 4) is 17.0 Å². The van der Waals surface area contributed by atoms with E-state index in [2.05, 4.69) is 4.98 Å². The summed E-state index contributed by atoms with van der Waals surface area (Å²) in [5.74, 6) is 1.87. The minimum Gasteiger partial charge on any atom is -0.496 e. The van der Waals surface area contributed by atoms with Crippen LogP contribution in [0.15, 0.2) is 30.5 Å². The third-order valence-corrected chi connectivity index (χ3v) is 3.35. The number of ether oxygens (including phenoxy) is 1. The summed E-state index contributed by atoms with van der Waals surface area (Å²) in [6, 6.07) is 7.86. The first-order chi connectivity index (χ1) is 8.78. The Bertz CT molecular complexity index is 563. The molecule has 0 spiro atoms. The van der Waals surface area contributed by atoms with Crippen LogP contribution in [0.3, 0.4) is 0 Å². The topological polar surface area (TPSA) is 47.3 Å². The number of benzene rings is 1. The van der Waals surface area contributed by atoms with Crippen LogP contribution >= 0.6 is 0 Å². The number of aryl methyl sites for hydroxylation is 1. The molecule has 1 unspecified atom stereocenters. The monoisotopic (exact) mass is 244 g/mol. The summed E-state index contributed by atoms with van der Waals surface area (Å²) >= 11 is 0. The zero-order valence-electron chi connectivity index (χ0n) is 10.3. The van der Waals surface area contributed by atoms with Crippen molar-refractivity contribution in [1.82, 2.24) is 9.55 Å². The Balaban J connectivity index is 2.02. The number of nitrogens with zero attached hydrogens (tertiary/aromatic N) is 2. The van der Waals surface area contributed by atoms with Gasteiger partial charge in [0.25, 0.3) is 0 Å². The van der Waals surface area contributed by atoms with Crippen LogP contribution in [0.5, 0.6) is 5.75 Å². The predicted octanol–water partition coefficient (Wildman–Crippen LogP) is 1.87. The average Bonchev–Trinajstić information content (AvgIpc) is 2.81. The summed E-state index contributed by atoms with van der Waals surface area (Å²) in [6.07, 6.45) is 3.37. The van der Waals surface area contributed by atoms with E-state index in [1.165, 1.54) is 0 Å². The Hall–Kier alpha value is -1.81. The molecule has 4 heteroatoms. The van der Waals surface area contributed by atoms with Crippen molar-refractivity contribution < 1.29 is 9.84 Å². The van der Waals surface area contributed by atoms with Gasteiger partial charge in [-0.1, -0.05) is 12.1 Å². The minimum absolute atomic E-state index is 0.253. The molecule has 0 saturated heterocycles. The Labute approximate surface area is 106 Å². The lowest BCUT2D eigenvalue weighted by atomic mass is 10.1. The molecule has 1 aromatic heterocycles. The van der Waals surface area contributed by atoms with Crippen LogP contribution in [0.2, 0.25) is 0 Å². The van der Waals surface area contributed by atoms with Gasteiger partial charge in [-0.25, -0.2) is 4.98 Å². The molecule has 1 aliphatic heterocycles. The van der Waals surface area contributed by atoms with E-state index in [1.807, 2.05) is 35.0 Å². The van der Waals surface area contributed by atoms with Crippen molar-refractivity contribution in [2.75, 3.05) is 7.11 Å². The molecule has 1 atom stereocenters. The first-order valence-electron chi connectivity index (χ1n) is 6.15. The van der Waals surface area contributed by atoms with E-state index in [0.717, 1.165) is 35.7 Å². The Kier molecular flexibility index (Phi) is 2.80. The Morgan fingerprint density at radius 2 is 2.22 bits per heavy atom. The summed E-state index contributed by atoms with van der Waals surface area (Å²) in [5.41, 5.74) is 1.91. The Morgan fingerprint density at radius 3 is 3.06 bits per heavy atom. The summed E-state index contributed by atoms with van der Waals surface area (Å²) in [5, 5.41) is 9.66. The van der Waals surface area contributed by atoms with Crippen molar-refractivity contribution >= 4 is 0 Å². The number of para-hydroxylation sites is 1. The maximum absolute atomic E-state index is 9.66. The molecule has 0 amide bonds. The first kappa shape index (κ1) is 11.3. The molecule has 1 aromatic carbocycles. The number of rotatable bonds is 2. The smallest absolute Gasteiger partial charge is 0.128 e. The van der Waals surface area contributed by atoms with Crippen LogP contribution in [0.1, 0.15) is 12.2 Å². The number of fused-ring (bicyclic) bond motifs is 1. The molecule has 2 aromatic rings. The van der Waals surface area contributed by atoms with Gasteiger partial charge in [0.15, 0.2) is 0 Å². The molecule has 1 aliphatic rings. The highest BCUT2D eigenvalue weighted by molar-refractivity contribution is 5.66. The molecule has 0 bridgehead atoms. The van der Waals surface area contributed by atoms with Crippen molar-refractivity contribution in [2.45, 2.75) is 25.5 Å². The number of aliphatic hydroxyl groups is 1. The molecule has 4 nitrogen and oxygen atoms in total. The van der Waals surface area contributed by atoms with Gasteiger partial charge in [-0.3, -0.25) is 0 Å². The van der Waals surface area contributed by atoms with E-state index >= 15 is 0 Å². The fourth-order valence-corrected chi connectivity index (χ4v) is 2.41. The lowest BCUT2D eigenvalue weighted by Crippen LogP contribution is -2.23. The molecule has 0 radical (unpaired) electrons. The van der Waals surface area contributed by atoms with Gasteiger partial charge >= 0.3 is 0 Å². The van der Waals surface area contributed by atoms with Crippen LogP contribution in [-0.4, -0.2) is 27.9 Å². The molecule has 0 fully saturated rings. The quantitative estimate of drug-likeness (QED) is 0.877. The number of methoxy groups -OCH3 is 1. The largest absolute Gasteiger partial charge is 0.496 e. The zero-order valence-corrected chi connectivity index (χ0v) is 10.3. The lowest BCUT2D eigenvalue weighted by Gasteiger charge is -2.18. The highest BCUT2D eigenvalue weighted by Crippen LogP contribution is 2.30. The third-order valence-electron chi connectivity index (χ3n) is 3.35. The number of aromatic nitrogens is 2. The summed E-state index contributed by atoms with van der Waals surface area (Å²) in [7, 11) is 1.67. The fourth-order valence-electron chi connectivity index (χ4n) is 2.41. The molecule has 3 rings (SSSR count). The second-order valence-electron chi connectivity index (χ2n) is 4.59. The summed E-state index contributed by atoms with van der Waals surface area (Å²) in [4.78, 5) is 4.64. The van der Waals surface area contributed by atoms with Crippen molar-refractivity contribution in [2.24, 2.45) is 0 Å². The van der Waals surface area contributed by atoms with Crippen LogP contribution < -0.4 is 4.74 Å². The summed E-state index contributed by atoms with van der Waals surface area (Å²) < 4.78 is 7.39. The van der Waals surface area contributed by atoms with Crippen LogP contribution in [-0.2, 0) is 13.0 Å². The maximum atomic E-state index is 9.66. The molecule has 0 saturated carbocycles. The normalized spacial score (nSPS) is 18.4. The van der Waals surface area contributed by atoms with Gasteiger partial charge in [-0.15, -0.1) is 0 Å². The van der Waals surface area contributed by atoms with Crippen LogP contribution in [0.4, 0.5) is 0 Å². The average molecular weight is 244 g/mol. The van der Waals surface area contributed by atoms with E-state index in [0.29, 0.717) is 6.54 Å². The molecular formula is C14H16N2O2. The molecule has 94 valence electrons. The SMILES string of the molecule is COc1ccccc1-c1cn2c(n1)CCC(O)C2. The maximum Gasteiger partial charge on any atom is 0.128 e. The van der Waals surface area contributed by atoms with Gasteiger partial charge in [0.2, 0.25) is 0 Å². The number of imidazole rings is 1. The van der Waals surface area contributed by atoms with Crippen molar-refractivity contribution in [3.63, 3.8) is 0 Å².